The molecule has 70 valence electrons. The summed E-state index contributed by atoms with van der Waals surface area (Å²) in [6, 6.07) is 0. The topological polar surface area (TPSA) is 49.7 Å². The first-order valence-electron chi connectivity index (χ1n) is 4.25. The van der Waals surface area contributed by atoms with E-state index in [0.717, 1.165) is 5.57 Å². The number of rotatable bonds is 3. The molecule has 3 nitrogen and oxygen atoms in total. The molecule has 12 heavy (non-hydrogen) atoms. The Kier molecular flexibility index (Phi) is 3.26. The van der Waals surface area contributed by atoms with Gasteiger partial charge in [-0.2, -0.15) is 0 Å². The summed E-state index contributed by atoms with van der Waals surface area (Å²) in [4.78, 5) is 0. The molecule has 1 aliphatic heterocycles. The molecule has 0 aromatic heterocycles. The monoisotopic (exact) mass is 172 g/mol. The van der Waals surface area contributed by atoms with Crippen LogP contribution in [0.5, 0.6) is 0 Å². The summed E-state index contributed by atoms with van der Waals surface area (Å²) in [6.07, 6.45) is -0.0283. The lowest BCUT2D eigenvalue weighted by Crippen LogP contribution is -2.29. The van der Waals surface area contributed by atoms with Gasteiger partial charge in [-0.05, 0) is 18.9 Å². The second-order valence-electron chi connectivity index (χ2n) is 3.29. The van der Waals surface area contributed by atoms with Gasteiger partial charge in [0.2, 0.25) is 0 Å². The van der Waals surface area contributed by atoms with E-state index in [9.17, 15) is 5.11 Å². The van der Waals surface area contributed by atoms with Crippen LogP contribution in [0.2, 0.25) is 0 Å². The zero-order chi connectivity index (χ0) is 9.14. The smallest absolute Gasteiger partial charge is 0.0902 e. The van der Waals surface area contributed by atoms with Gasteiger partial charge in [0.05, 0.1) is 18.8 Å². The van der Waals surface area contributed by atoms with Crippen LogP contribution in [-0.2, 0) is 4.74 Å². The normalized spacial score (nSPS) is 32.4. The van der Waals surface area contributed by atoms with Crippen molar-refractivity contribution in [1.82, 2.24) is 0 Å². The molecule has 3 heteroatoms. The third kappa shape index (κ3) is 1.86. The second-order valence-corrected chi connectivity index (χ2v) is 3.29. The Bertz CT molecular complexity index is 165. The highest BCUT2D eigenvalue weighted by atomic mass is 16.5. The van der Waals surface area contributed by atoms with Crippen molar-refractivity contribution in [2.24, 2.45) is 5.92 Å². The van der Waals surface area contributed by atoms with Gasteiger partial charge in [-0.1, -0.05) is 6.58 Å². The summed E-state index contributed by atoms with van der Waals surface area (Å²) in [5.74, 6) is 0.120. The number of hydrogen-bond donors (Lipinski definition) is 2. The molecule has 3 atom stereocenters. The quantitative estimate of drug-likeness (QED) is 0.603. The van der Waals surface area contributed by atoms with E-state index in [1.165, 1.54) is 0 Å². The highest BCUT2D eigenvalue weighted by Crippen LogP contribution is 2.29. The van der Waals surface area contributed by atoms with Crippen molar-refractivity contribution in [2.45, 2.75) is 25.6 Å². The van der Waals surface area contributed by atoms with E-state index in [1.54, 1.807) is 6.92 Å². The Morgan fingerprint density at radius 2 is 2.42 bits per heavy atom. The maximum Gasteiger partial charge on any atom is 0.0902 e. The molecule has 0 bridgehead atoms. The highest BCUT2D eigenvalue weighted by Gasteiger charge is 2.33. The van der Waals surface area contributed by atoms with Crippen LogP contribution in [0.1, 0.15) is 13.3 Å². The second kappa shape index (κ2) is 4.03. The Hall–Kier alpha value is -0.380. The van der Waals surface area contributed by atoms with Crippen LogP contribution in [0.25, 0.3) is 0 Å². The van der Waals surface area contributed by atoms with Crippen LogP contribution >= 0.6 is 0 Å². The van der Waals surface area contributed by atoms with Gasteiger partial charge >= 0.3 is 0 Å². The van der Waals surface area contributed by atoms with E-state index in [-0.39, 0.29) is 18.6 Å². The van der Waals surface area contributed by atoms with Crippen LogP contribution in [0.4, 0.5) is 0 Å². The average molecular weight is 172 g/mol. The van der Waals surface area contributed by atoms with Crippen LogP contribution in [0, 0.1) is 5.92 Å². The molecule has 1 fully saturated rings. The summed E-state index contributed by atoms with van der Waals surface area (Å²) in [5.41, 5.74) is 0.981. The van der Waals surface area contributed by atoms with Crippen molar-refractivity contribution in [1.29, 1.82) is 0 Å². The van der Waals surface area contributed by atoms with Crippen molar-refractivity contribution in [3.05, 3.63) is 12.2 Å². The minimum atomic E-state index is -0.485. The van der Waals surface area contributed by atoms with Crippen molar-refractivity contribution >= 4 is 0 Å². The fourth-order valence-corrected chi connectivity index (χ4v) is 1.64. The fourth-order valence-electron chi connectivity index (χ4n) is 1.64. The maximum absolute atomic E-state index is 9.32. The standard InChI is InChI=1S/C9H16O3/c1-6-5-12-9(7(2)11)8(6)3-4-10/h7-11H,1,3-5H2,2H3/t7-,8-,9-/m1/s1. The van der Waals surface area contributed by atoms with Gasteiger partial charge in [0.1, 0.15) is 0 Å². The molecule has 0 spiro atoms. The van der Waals surface area contributed by atoms with E-state index in [2.05, 4.69) is 6.58 Å². The first-order chi connectivity index (χ1) is 5.66. The summed E-state index contributed by atoms with van der Waals surface area (Å²) in [5, 5.41) is 18.1. The zero-order valence-electron chi connectivity index (χ0n) is 7.36. The van der Waals surface area contributed by atoms with E-state index >= 15 is 0 Å². The SMILES string of the molecule is C=C1CO[C@H]([C@@H](C)O)[C@@H]1CCO. The molecular weight excluding hydrogens is 156 g/mol. The number of aliphatic hydroxyl groups excluding tert-OH is 2. The first kappa shape index (κ1) is 9.71. The molecule has 0 unspecified atom stereocenters. The Morgan fingerprint density at radius 3 is 2.92 bits per heavy atom. The average Bonchev–Trinajstić information content (AvgIpc) is 2.34. The molecule has 1 rings (SSSR count). The summed E-state index contributed by atoms with van der Waals surface area (Å²) >= 11 is 0. The van der Waals surface area contributed by atoms with Crippen molar-refractivity contribution in [3.63, 3.8) is 0 Å². The lowest BCUT2D eigenvalue weighted by atomic mass is 9.92. The molecule has 0 aliphatic carbocycles. The zero-order valence-corrected chi connectivity index (χ0v) is 7.36. The third-order valence-corrected chi connectivity index (χ3v) is 2.30. The minimum Gasteiger partial charge on any atom is -0.396 e. The Balaban J connectivity index is 2.57. The number of ether oxygens (including phenoxy) is 1. The van der Waals surface area contributed by atoms with Crippen LogP contribution in [0.3, 0.4) is 0 Å². The molecule has 0 radical (unpaired) electrons. The summed E-state index contributed by atoms with van der Waals surface area (Å²) < 4.78 is 5.33. The Labute approximate surface area is 72.7 Å². The predicted octanol–water partition coefficient (Wildman–Crippen LogP) is 0.321. The molecule has 1 heterocycles. The lowest BCUT2D eigenvalue weighted by Gasteiger charge is -2.20. The lowest BCUT2D eigenvalue weighted by molar-refractivity contribution is -0.0131. The fraction of sp³-hybridized carbons (Fsp3) is 0.778. The van der Waals surface area contributed by atoms with Gasteiger partial charge in [-0.25, -0.2) is 0 Å². The first-order valence-corrected chi connectivity index (χ1v) is 4.25. The maximum atomic E-state index is 9.32. The van der Waals surface area contributed by atoms with E-state index in [0.29, 0.717) is 13.0 Å². The molecule has 1 aliphatic rings. The van der Waals surface area contributed by atoms with Gasteiger partial charge < -0.3 is 14.9 Å². The van der Waals surface area contributed by atoms with E-state index in [4.69, 9.17) is 9.84 Å². The molecule has 2 N–H and O–H groups in total. The highest BCUT2D eigenvalue weighted by molar-refractivity contribution is 5.09. The predicted molar refractivity (Wildman–Crippen MR) is 45.8 cm³/mol. The molecule has 0 aromatic rings. The number of aliphatic hydroxyl groups is 2. The summed E-state index contributed by atoms with van der Waals surface area (Å²) in [7, 11) is 0. The molecule has 0 saturated carbocycles. The molecule has 0 aromatic carbocycles. The van der Waals surface area contributed by atoms with Crippen LogP contribution in [0.15, 0.2) is 12.2 Å². The van der Waals surface area contributed by atoms with Crippen molar-refractivity contribution in [2.75, 3.05) is 13.2 Å². The largest absolute Gasteiger partial charge is 0.396 e. The summed E-state index contributed by atoms with van der Waals surface area (Å²) in [6.45, 7) is 6.18. The van der Waals surface area contributed by atoms with E-state index in [1.807, 2.05) is 0 Å². The van der Waals surface area contributed by atoms with Crippen molar-refractivity contribution in [3.8, 4) is 0 Å². The van der Waals surface area contributed by atoms with Crippen LogP contribution < -0.4 is 0 Å². The molecular formula is C9H16O3. The van der Waals surface area contributed by atoms with Crippen LogP contribution in [-0.4, -0.2) is 35.6 Å². The number of hydrogen-bond acceptors (Lipinski definition) is 3. The molecule has 0 amide bonds. The van der Waals surface area contributed by atoms with Gasteiger partial charge in [-0.3, -0.25) is 0 Å². The van der Waals surface area contributed by atoms with Crippen molar-refractivity contribution < 1.29 is 14.9 Å². The van der Waals surface area contributed by atoms with Gasteiger partial charge in [0.25, 0.3) is 0 Å². The van der Waals surface area contributed by atoms with Gasteiger partial charge in [0, 0.05) is 12.5 Å². The Morgan fingerprint density at radius 1 is 1.75 bits per heavy atom. The van der Waals surface area contributed by atoms with E-state index < -0.39 is 6.10 Å². The van der Waals surface area contributed by atoms with Gasteiger partial charge in [0.15, 0.2) is 0 Å². The minimum absolute atomic E-state index is 0.120. The molecule has 1 saturated heterocycles. The third-order valence-electron chi connectivity index (χ3n) is 2.30. The van der Waals surface area contributed by atoms with Gasteiger partial charge in [-0.15, -0.1) is 0 Å².